The molecule has 198 valence electrons. The molecule has 1 saturated carbocycles. The van der Waals surface area contributed by atoms with Gasteiger partial charge in [0, 0.05) is 17.0 Å². The van der Waals surface area contributed by atoms with Gasteiger partial charge in [-0.2, -0.15) is 0 Å². The Morgan fingerprint density at radius 3 is 2.51 bits per heavy atom. The molecule has 2 aromatic carbocycles. The van der Waals surface area contributed by atoms with Crippen LogP contribution < -0.4 is 4.74 Å². The van der Waals surface area contributed by atoms with Gasteiger partial charge in [0.25, 0.3) is 0 Å². The quantitative estimate of drug-likeness (QED) is 0.0862. The number of carbonyl (C=O) groups excluding carboxylic acids is 1. The molecule has 0 bridgehead atoms. The third-order valence-electron chi connectivity index (χ3n) is 5.50. The number of halogens is 3. The normalized spacial score (nSPS) is 17.2. The molecule has 0 radical (unpaired) electrons. The zero-order valence-corrected chi connectivity index (χ0v) is 22.3. The Bertz CT molecular complexity index is 1220. The summed E-state index contributed by atoms with van der Waals surface area (Å²) in [5, 5.41) is 8.09. The fraction of sp³-hybridized carbons (Fsp3) is 0.346. The van der Waals surface area contributed by atoms with Gasteiger partial charge < -0.3 is 23.9 Å². The number of esters is 1. The van der Waals surface area contributed by atoms with Crippen molar-refractivity contribution < 1.29 is 33.1 Å². The SMILES string of the molecule is COC=C(C(=O)OC)c1ccccc1CON=C(C)C(=NOC)c1ccc(OCC2CC2(Cl)Cl)c(F)c1. The van der Waals surface area contributed by atoms with Crippen LogP contribution in [0.25, 0.3) is 5.57 Å². The molecule has 0 spiro atoms. The van der Waals surface area contributed by atoms with Gasteiger partial charge in [0.05, 0.1) is 27.1 Å². The standard InChI is InChI=1S/C26H27Cl2FN2O6/c1-16(30-37-13-18-7-5-6-8-20(18)21(15-33-2)25(32)34-3)24(31-35-4)17-9-10-23(22(29)11-17)36-14-19-12-26(19,27)28/h5-11,15,19H,12-14H2,1-4H3. The summed E-state index contributed by atoms with van der Waals surface area (Å²) >= 11 is 12.0. The summed E-state index contributed by atoms with van der Waals surface area (Å²) in [7, 11) is 4.09. The molecule has 2 aromatic rings. The van der Waals surface area contributed by atoms with Crippen molar-refractivity contribution in [3.8, 4) is 5.75 Å². The molecule has 0 amide bonds. The number of hydrogen-bond donors (Lipinski definition) is 0. The average molecular weight is 553 g/mol. The van der Waals surface area contributed by atoms with E-state index in [1.807, 2.05) is 0 Å². The molecular formula is C26H27Cl2FN2O6. The first-order chi connectivity index (χ1) is 17.7. The van der Waals surface area contributed by atoms with Crippen molar-refractivity contribution >= 4 is 46.2 Å². The monoisotopic (exact) mass is 552 g/mol. The number of ether oxygens (including phenoxy) is 3. The van der Waals surface area contributed by atoms with E-state index in [2.05, 4.69) is 10.3 Å². The summed E-state index contributed by atoms with van der Waals surface area (Å²) < 4.78 is 29.3. The predicted molar refractivity (Wildman–Crippen MR) is 139 cm³/mol. The maximum atomic E-state index is 14.7. The summed E-state index contributed by atoms with van der Waals surface area (Å²) in [6.45, 7) is 1.89. The first-order valence-electron chi connectivity index (χ1n) is 11.2. The molecule has 11 heteroatoms. The number of oxime groups is 2. The van der Waals surface area contributed by atoms with Crippen molar-refractivity contribution in [2.75, 3.05) is 27.9 Å². The Morgan fingerprint density at radius 2 is 1.89 bits per heavy atom. The summed E-state index contributed by atoms with van der Waals surface area (Å²) in [5.74, 6) is -1.10. The van der Waals surface area contributed by atoms with Gasteiger partial charge in [-0.1, -0.05) is 34.6 Å². The van der Waals surface area contributed by atoms with Crippen LogP contribution in [0.4, 0.5) is 4.39 Å². The minimum Gasteiger partial charge on any atom is -0.503 e. The van der Waals surface area contributed by atoms with Crippen molar-refractivity contribution in [2.45, 2.75) is 24.3 Å². The highest BCUT2D eigenvalue weighted by Gasteiger charge is 2.52. The second-order valence-electron chi connectivity index (χ2n) is 8.11. The lowest BCUT2D eigenvalue weighted by Gasteiger charge is -2.12. The van der Waals surface area contributed by atoms with Gasteiger partial charge in [-0.15, -0.1) is 23.2 Å². The van der Waals surface area contributed by atoms with E-state index in [1.54, 1.807) is 37.3 Å². The van der Waals surface area contributed by atoms with Crippen LogP contribution >= 0.6 is 23.2 Å². The Balaban J connectivity index is 1.73. The molecule has 1 fully saturated rings. The second kappa shape index (κ2) is 12.8. The third kappa shape index (κ3) is 7.36. The van der Waals surface area contributed by atoms with E-state index in [0.29, 0.717) is 28.8 Å². The van der Waals surface area contributed by atoms with Crippen LogP contribution in [-0.4, -0.2) is 49.7 Å². The molecule has 0 aliphatic heterocycles. The van der Waals surface area contributed by atoms with Crippen LogP contribution in [0.2, 0.25) is 0 Å². The van der Waals surface area contributed by atoms with E-state index >= 15 is 0 Å². The molecule has 0 N–H and O–H groups in total. The third-order valence-corrected chi connectivity index (χ3v) is 6.42. The molecule has 1 unspecified atom stereocenters. The van der Waals surface area contributed by atoms with E-state index < -0.39 is 16.1 Å². The number of hydrogen-bond acceptors (Lipinski definition) is 8. The predicted octanol–water partition coefficient (Wildman–Crippen LogP) is 5.50. The lowest BCUT2D eigenvalue weighted by Crippen LogP contribution is -2.14. The summed E-state index contributed by atoms with van der Waals surface area (Å²) in [5.41, 5.74) is 2.47. The van der Waals surface area contributed by atoms with E-state index in [-0.39, 0.29) is 36.2 Å². The highest BCUT2D eigenvalue weighted by molar-refractivity contribution is 6.50. The van der Waals surface area contributed by atoms with Crippen molar-refractivity contribution in [3.63, 3.8) is 0 Å². The fourth-order valence-electron chi connectivity index (χ4n) is 3.43. The number of alkyl halides is 2. The van der Waals surface area contributed by atoms with Gasteiger partial charge in [0.1, 0.15) is 35.0 Å². The van der Waals surface area contributed by atoms with Crippen molar-refractivity contribution in [1.29, 1.82) is 0 Å². The molecule has 1 atom stereocenters. The Morgan fingerprint density at radius 1 is 1.16 bits per heavy atom. The van der Waals surface area contributed by atoms with Crippen LogP contribution in [0.3, 0.4) is 0 Å². The van der Waals surface area contributed by atoms with Crippen LogP contribution in [-0.2, 0) is 30.6 Å². The molecule has 8 nitrogen and oxygen atoms in total. The molecule has 0 saturated heterocycles. The van der Waals surface area contributed by atoms with Crippen LogP contribution in [0, 0.1) is 11.7 Å². The number of methoxy groups -OCH3 is 2. The number of carbonyl (C=O) groups is 1. The van der Waals surface area contributed by atoms with Gasteiger partial charge in [-0.3, -0.25) is 0 Å². The molecule has 0 aromatic heterocycles. The highest BCUT2D eigenvalue weighted by atomic mass is 35.5. The second-order valence-corrected chi connectivity index (χ2v) is 9.65. The lowest BCUT2D eigenvalue weighted by atomic mass is 10.0. The average Bonchev–Trinajstić information content (AvgIpc) is 3.50. The number of rotatable bonds is 12. The van der Waals surface area contributed by atoms with Gasteiger partial charge in [-0.25, -0.2) is 9.18 Å². The molecule has 1 aliphatic carbocycles. The number of nitrogens with zero attached hydrogens (tertiary/aromatic N) is 2. The Kier molecular flexibility index (Phi) is 9.77. The maximum absolute atomic E-state index is 14.7. The van der Waals surface area contributed by atoms with Crippen molar-refractivity contribution in [1.82, 2.24) is 0 Å². The fourth-order valence-corrected chi connectivity index (χ4v) is 3.92. The molecule has 0 heterocycles. The zero-order valence-electron chi connectivity index (χ0n) is 20.8. The molecule has 37 heavy (non-hydrogen) atoms. The highest BCUT2D eigenvalue weighted by Crippen LogP contribution is 2.53. The zero-order chi connectivity index (χ0) is 27.0. The van der Waals surface area contributed by atoms with E-state index in [9.17, 15) is 9.18 Å². The topological polar surface area (TPSA) is 87.9 Å². The van der Waals surface area contributed by atoms with Crippen molar-refractivity contribution in [3.05, 3.63) is 71.2 Å². The van der Waals surface area contributed by atoms with Crippen LogP contribution in [0.1, 0.15) is 30.0 Å². The Hall–Kier alpha value is -3.30. The van der Waals surface area contributed by atoms with Gasteiger partial charge in [-0.05, 0) is 37.1 Å². The Labute approximate surface area is 224 Å². The number of benzene rings is 2. The van der Waals surface area contributed by atoms with E-state index in [1.165, 1.54) is 39.7 Å². The van der Waals surface area contributed by atoms with Crippen LogP contribution in [0.5, 0.6) is 5.75 Å². The van der Waals surface area contributed by atoms with E-state index in [4.69, 9.17) is 47.1 Å². The molecule has 1 aliphatic rings. The summed E-state index contributed by atoms with van der Waals surface area (Å²) in [6.07, 6.45) is 1.91. The van der Waals surface area contributed by atoms with E-state index in [0.717, 1.165) is 0 Å². The van der Waals surface area contributed by atoms with Gasteiger partial charge >= 0.3 is 5.97 Å². The first kappa shape index (κ1) is 28.3. The van der Waals surface area contributed by atoms with Gasteiger partial charge in [0.2, 0.25) is 0 Å². The maximum Gasteiger partial charge on any atom is 0.341 e. The summed E-state index contributed by atoms with van der Waals surface area (Å²) in [4.78, 5) is 22.7. The minimum atomic E-state index is -0.802. The lowest BCUT2D eigenvalue weighted by molar-refractivity contribution is -0.133. The van der Waals surface area contributed by atoms with Crippen LogP contribution in [0.15, 0.2) is 59.0 Å². The largest absolute Gasteiger partial charge is 0.503 e. The van der Waals surface area contributed by atoms with Gasteiger partial charge in [0.15, 0.2) is 11.6 Å². The van der Waals surface area contributed by atoms with Crippen molar-refractivity contribution in [2.24, 2.45) is 16.2 Å². The molecular weight excluding hydrogens is 526 g/mol. The molecule has 3 rings (SSSR count). The minimum absolute atomic E-state index is 0.0246. The first-order valence-corrected chi connectivity index (χ1v) is 12.0. The smallest absolute Gasteiger partial charge is 0.341 e. The summed E-state index contributed by atoms with van der Waals surface area (Å²) in [6, 6.07) is 11.5.